The van der Waals surface area contributed by atoms with Crippen molar-refractivity contribution < 1.29 is 4.74 Å². The van der Waals surface area contributed by atoms with Crippen LogP contribution in [0.4, 0.5) is 0 Å². The molecule has 1 aromatic heterocycles. The lowest BCUT2D eigenvalue weighted by molar-refractivity contribution is 0.314. The van der Waals surface area contributed by atoms with Crippen molar-refractivity contribution in [2.45, 2.75) is 20.3 Å². The van der Waals surface area contributed by atoms with E-state index in [0.717, 1.165) is 28.8 Å². The maximum absolute atomic E-state index is 5.62. The van der Waals surface area contributed by atoms with Gasteiger partial charge in [-0.2, -0.15) is 0 Å². The van der Waals surface area contributed by atoms with E-state index >= 15 is 0 Å². The third-order valence-electron chi connectivity index (χ3n) is 2.85. The highest BCUT2D eigenvalue weighted by atomic mass is 16.5. The molecule has 0 saturated heterocycles. The molecule has 0 saturated carbocycles. The van der Waals surface area contributed by atoms with Gasteiger partial charge in [-0.15, -0.1) is 0 Å². The number of pyridine rings is 1. The first-order valence-corrected chi connectivity index (χ1v) is 5.91. The van der Waals surface area contributed by atoms with Crippen molar-refractivity contribution in [3.63, 3.8) is 0 Å². The van der Waals surface area contributed by atoms with Gasteiger partial charge in [-0.05, 0) is 56.6 Å². The van der Waals surface area contributed by atoms with Crippen LogP contribution in [0.1, 0.15) is 17.7 Å². The summed E-state index contributed by atoms with van der Waals surface area (Å²) in [6.07, 6.45) is 0.878. The van der Waals surface area contributed by atoms with Crippen molar-refractivity contribution in [1.29, 1.82) is 0 Å². The Balaban J connectivity index is 2.27. The molecule has 0 aliphatic rings. The van der Waals surface area contributed by atoms with Crippen LogP contribution in [0.5, 0.6) is 5.75 Å². The number of rotatable bonds is 4. The Bertz CT molecular complexity index is 523. The number of nitrogens with zero attached hydrogens (tertiary/aromatic N) is 1. The van der Waals surface area contributed by atoms with Gasteiger partial charge in [-0.25, -0.2) is 0 Å². The van der Waals surface area contributed by atoms with Crippen molar-refractivity contribution in [2.75, 3.05) is 13.2 Å². The molecule has 0 aliphatic heterocycles. The van der Waals surface area contributed by atoms with E-state index in [1.807, 2.05) is 25.1 Å². The van der Waals surface area contributed by atoms with Crippen molar-refractivity contribution in [3.8, 4) is 5.75 Å². The summed E-state index contributed by atoms with van der Waals surface area (Å²) in [5.41, 5.74) is 8.73. The van der Waals surface area contributed by atoms with E-state index in [4.69, 9.17) is 10.5 Å². The number of nitrogens with two attached hydrogens (primary N) is 1. The van der Waals surface area contributed by atoms with Gasteiger partial charge in [0.1, 0.15) is 5.75 Å². The molecule has 3 nitrogen and oxygen atoms in total. The van der Waals surface area contributed by atoms with E-state index in [0.29, 0.717) is 13.2 Å². The lowest BCUT2D eigenvalue weighted by Crippen LogP contribution is -2.06. The molecule has 0 aliphatic carbocycles. The fourth-order valence-electron chi connectivity index (χ4n) is 1.72. The van der Waals surface area contributed by atoms with Gasteiger partial charge in [0.25, 0.3) is 0 Å². The largest absolute Gasteiger partial charge is 0.494 e. The lowest BCUT2D eigenvalue weighted by atomic mass is 10.1. The van der Waals surface area contributed by atoms with Gasteiger partial charge in [-0.3, -0.25) is 4.98 Å². The highest BCUT2D eigenvalue weighted by molar-refractivity contribution is 5.81. The van der Waals surface area contributed by atoms with Crippen LogP contribution in [0.2, 0.25) is 0 Å². The summed E-state index contributed by atoms with van der Waals surface area (Å²) in [6, 6.07) is 8.14. The van der Waals surface area contributed by atoms with E-state index in [9.17, 15) is 0 Å². The molecule has 2 rings (SSSR count). The Morgan fingerprint density at radius 3 is 2.82 bits per heavy atom. The Kier molecular flexibility index (Phi) is 3.59. The van der Waals surface area contributed by atoms with Gasteiger partial charge in [0.05, 0.1) is 12.1 Å². The first-order valence-electron chi connectivity index (χ1n) is 5.91. The van der Waals surface area contributed by atoms with Crippen LogP contribution in [-0.2, 0) is 0 Å². The summed E-state index contributed by atoms with van der Waals surface area (Å²) in [7, 11) is 0. The minimum atomic E-state index is 0.660. The number of benzene rings is 1. The van der Waals surface area contributed by atoms with Crippen LogP contribution in [0.3, 0.4) is 0 Å². The molecule has 2 N–H and O–H groups in total. The average Bonchev–Trinajstić information content (AvgIpc) is 2.31. The predicted octanol–water partition coefficient (Wildman–Crippen LogP) is 2.58. The zero-order chi connectivity index (χ0) is 12.3. The smallest absolute Gasteiger partial charge is 0.120 e. The van der Waals surface area contributed by atoms with Crippen molar-refractivity contribution in [3.05, 3.63) is 35.5 Å². The fourth-order valence-corrected chi connectivity index (χ4v) is 1.72. The lowest BCUT2D eigenvalue weighted by Gasteiger charge is -2.07. The third-order valence-corrected chi connectivity index (χ3v) is 2.85. The van der Waals surface area contributed by atoms with Crippen LogP contribution >= 0.6 is 0 Å². The first-order chi connectivity index (χ1) is 8.20. The molecule has 17 heavy (non-hydrogen) atoms. The van der Waals surface area contributed by atoms with E-state index in [-0.39, 0.29) is 0 Å². The molecule has 0 radical (unpaired) electrons. The summed E-state index contributed by atoms with van der Waals surface area (Å²) in [5, 5.41) is 1.12. The Labute approximate surface area is 102 Å². The molecule has 1 heterocycles. The zero-order valence-corrected chi connectivity index (χ0v) is 10.4. The normalized spacial score (nSPS) is 10.8. The monoisotopic (exact) mass is 230 g/mol. The first kappa shape index (κ1) is 11.9. The number of hydrogen-bond acceptors (Lipinski definition) is 3. The molecule has 0 atom stereocenters. The molecule has 90 valence electrons. The highest BCUT2D eigenvalue weighted by Crippen LogP contribution is 2.21. The van der Waals surface area contributed by atoms with Crippen LogP contribution in [0.15, 0.2) is 24.3 Å². The minimum absolute atomic E-state index is 0.660. The molecular weight excluding hydrogens is 212 g/mol. The van der Waals surface area contributed by atoms with E-state index < -0.39 is 0 Å². The van der Waals surface area contributed by atoms with Crippen LogP contribution < -0.4 is 10.5 Å². The molecule has 1 aromatic carbocycles. The summed E-state index contributed by atoms with van der Waals surface area (Å²) in [6.45, 7) is 5.43. The van der Waals surface area contributed by atoms with Gasteiger partial charge in [0.15, 0.2) is 0 Å². The van der Waals surface area contributed by atoms with E-state index in [1.54, 1.807) is 0 Å². The maximum Gasteiger partial charge on any atom is 0.120 e. The van der Waals surface area contributed by atoms with Crippen molar-refractivity contribution in [2.24, 2.45) is 5.73 Å². The quantitative estimate of drug-likeness (QED) is 0.821. The average molecular weight is 230 g/mol. The van der Waals surface area contributed by atoms with Crippen molar-refractivity contribution in [1.82, 2.24) is 4.98 Å². The molecule has 3 heteroatoms. The number of fused-ring (bicyclic) bond motifs is 1. The zero-order valence-electron chi connectivity index (χ0n) is 10.4. The maximum atomic E-state index is 5.62. The van der Waals surface area contributed by atoms with Gasteiger partial charge in [0, 0.05) is 11.1 Å². The topological polar surface area (TPSA) is 48.1 Å². The SMILES string of the molecule is Cc1cc2cc(OCCCN)ccc2nc1C. The molecule has 0 amide bonds. The fraction of sp³-hybridized carbons (Fsp3) is 0.357. The second-order valence-corrected chi connectivity index (χ2v) is 4.24. The van der Waals surface area contributed by atoms with Crippen LogP contribution in [0.25, 0.3) is 10.9 Å². The highest BCUT2D eigenvalue weighted by Gasteiger charge is 2.01. The molecular formula is C14H18N2O. The second kappa shape index (κ2) is 5.15. The molecule has 0 unspecified atom stereocenters. The Hall–Kier alpha value is -1.61. The van der Waals surface area contributed by atoms with Gasteiger partial charge >= 0.3 is 0 Å². The van der Waals surface area contributed by atoms with Crippen LogP contribution in [-0.4, -0.2) is 18.1 Å². The molecule has 0 bridgehead atoms. The Morgan fingerprint density at radius 1 is 1.24 bits per heavy atom. The van der Waals surface area contributed by atoms with Gasteiger partial charge < -0.3 is 10.5 Å². The van der Waals surface area contributed by atoms with E-state index in [1.165, 1.54) is 5.56 Å². The molecule has 0 fully saturated rings. The van der Waals surface area contributed by atoms with Gasteiger partial charge in [0.2, 0.25) is 0 Å². The number of aromatic nitrogens is 1. The third kappa shape index (κ3) is 2.74. The van der Waals surface area contributed by atoms with Crippen LogP contribution in [0, 0.1) is 13.8 Å². The number of hydrogen-bond donors (Lipinski definition) is 1. The number of aryl methyl sites for hydroxylation is 2. The van der Waals surface area contributed by atoms with Gasteiger partial charge in [-0.1, -0.05) is 0 Å². The Morgan fingerprint density at radius 2 is 2.06 bits per heavy atom. The minimum Gasteiger partial charge on any atom is -0.494 e. The predicted molar refractivity (Wildman–Crippen MR) is 70.4 cm³/mol. The second-order valence-electron chi connectivity index (χ2n) is 4.24. The molecule has 0 spiro atoms. The van der Waals surface area contributed by atoms with Crippen molar-refractivity contribution >= 4 is 10.9 Å². The molecule has 2 aromatic rings. The number of ether oxygens (including phenoxy) is 1. The summed E-state index contributed by atoms with van der Waals surface area (Å²) in [4.78, 5) is 4.54. The standard InChI is InChI=1S/C14H18N2O/c1-10-8-12-9-13(17-7-3-6-15)4-5-14(12)16-11(10)2/h4-5,8-9H,3,6-7,15H2,1-2H3. The summed E-state index contributed by atoms with van der Waals surface area (Å²) in [5.74, 6) is 0.885. The summed E-state index contributed by atoms with van der Waals surface area (Å²) < 4.78 is 5.62. The summed E-state index contributed by atoms with van der Waals surface area (Å²) >= 11 is 0. The van der Waals surface area contributed by atoms with E-state index in [2.05, 4.69) is 18.0 Å².